The van der Waals surface area contributed by atoms with Crippen molar-refractivity contribution in [3.05, 3.63) is 34.9 Å². The van der Waals surface area contributed by atoms with Crippen molar-refractivity contribution >= 4 is 17.9 Å². The number of rotatable bonds is 6. The molecule has 0 saturated heterocycles. The van der Waals surface area contributed by atoms with Gasteiger partial charge >= 0.3 is 12.0 Å². The van der Waals surface area contributed by atoms with Crippen LogP contribution >= 0.6 is 0 Å². The highest BCUT2D eigenvalue weighted by Crippen LogP contribution is 2.09. The first-order valence-electron chi connectivity index (χ1n) is 7.25. The van der Waals surface area contributed by atoms with Crippen molar-refractivity contribution in [1.82, 2.24) is 10.6 Å². The average Bonchev–Trinajstić information content (AvgIpc) is 2.44. The molecule has 0 bridgehead atoms. The monoisotopic (exact) mass is 306 g/mol. The third-order valence-electron chi connectivity index (χ3n) is 2.86. The molecule has 3 amide bonds. The largest absolute Gasteiger partial charge is 0.452 e. The molecule has 0 fully saturated rings. The molecule has 2 N–H and O–H groups in total. The number of urea groups is 1. The first kappa shape index (κ1) is 17.7. The summed E-state index contributed by atoms with van der Waals surface area (Å²) in [5, 5.41) is 4.64. The second-order valence-corrected chi connectivity index (χ2v) is 5.11. The summed E-state index contributed by atoms with van der Waals surface area (Å²) >= 11 is 0. The number of benzene rings is 1. The van der Waals surface area contributed by atoms with Crippen LogP contribution in [0, 0.1) is 13.8 Å². The Bertz CT molecular complexity index is 535. The van der Waals surface area contributed by atoms with Gasteiger partial charge in [0.25, 0.3) is 5.91 Å². The van der Waals surface area contributed by atoms with Crippen LogP contribution in [-0.2, 0) is 9.53 Å². The SMILES string of the molecule is CCCCNC(=O)NC(=O)COC(=O)c1cc(C)cc(C)c1. The Balaban J connectivity index is 2.40. The number of nitrogens with one attached hydrogen (secondary N) is 2. The number of ether oxygens (including phenoxy) is 1. The smallest absolute Gasteiger partial charge is 0.338 e. The lowest BCUT2D eigenvalue weighted by molar-refractivity contribution is -0.123. The van der Waals surface area contributed by atoms with Crippen LogP contribution in [0.15, 0.2) is 18.2 Å². The molecule has 0 aliphatic heterocycles. The number of aryl methyl sites for hydroxylation is 2. The number of amides is 3. The number of carbonyl (C=O) groups excluding carboxylic acids is 3. The highest BCUT2D eigenvalue weighted by atomic mass is 16.5. The number of esters is 1. The molecular formula is C16H22N2O4. The van der Waals surface area contributed by atoms with E-state index in [1.807, 2.05) is 26.8 Å². The molecule has 0 heterocycles. The Labute approximate surface area is 130 Å². The lowest BCUT2D eigenvalue weighted by Crippen LogP contribution is -2.41. The lowest BCUT2D eigenvalue weighted by atomic mass is 10.1. The highest BCUT2D eigenvalue weighted by Gasteiger charge is 2.12. The third kappa shape index (κ3) is 6.39. The Morgan fingerprint density at radius 2 is 1.73 bits per heavy atom. The molecule has 6 heteroatoms. The predicted molar refractivity (Wildman–Crippen MR) is 82.6 cm³/mol. The van der Waals surface area contributed by atoms with Gasteiger partial charge in [0, 0.05) is 6.54 Å². The number of imide groups is 1. The Hall–Kier alpha value is -2.37. The van der Waals surface area contributed by atoms with Crippen molar-refractivity contribution in [2.24, 2.45) is 0 Å². The zero-order valence-electron chi connectivity index (χ0n) is 13.2. The third-order valence-corrected chi connectivity index (χ3v) is 2.86. The van der Waals surface area contributed by atoms with E-state index in [0.29, 0.717) is 12.1 Å². The van der Waals surface area contributed by atoms with Gasteiger partial charge in [-0.1, -0.05) is 30.5 Å². The van der Waals surface area contributed by atoms with Gasteiger partial charge in [0.05, 0.1) is 5.56 Å². The Morgan fingerprint density at radius 3 is 2.32 bits per heavy atom. The summed E-state index contributed by atoms with van der Waals surface area (Å²) in [4.78, 5) is 34.7. The van der Waals surface area contributed by atoms with Gasteiger partial charge in [0.2, 0.25) is 0 Å². The molecule has 0 aromatic heterocycles. The van der Waals surface area contributed by atoms with Crippen molar-refractivity contribution < 1.29 is 19.1 Å². The summed E-state index contributed by atoms with van der Waals surface area (Å²) in [5.41, 5.74) is 2.26. The summed E-state index contributed by atoms with van der Waals surface area (Å²) in [6.45, 7) is 5.75. The summed E-state index contributed by atoms with van der Waals surface area (Å²) < 4.78 is 4.90. The van der Waals surface area contributed by atoms with Crippen molar-refractivity contribution in [3.63, 3.8) is 0 Å². The second-order valence-electron chi connectivity index (χ2n) is 5.11. The zero-order chi connectivity index (χ0) is 16.5. The van der Waals surface area contributed by atoms with Crippen LogP contribution in [0.5, 0.6) is 0 Å². The van der Waals surface area contributed by atoms with Crippen LogP contribution in [-0.4, -0.2) is 31.1 Å². The van der Waals surface area contributed by atoms with E-state index >= 15 is 0 Å². The molecule has 0 aliphatic carbocycles. The normalized spacial score (nSPS) is 9.95. The summed E-state index contributed by atoms with van der Waals surface area (Å²) in [5.74, 6) is -1.25. The minimum atomic E-state index is -0.660. The highest BCUT2D eigenvalue weighted by molar-refractivity contribution is 5.97. The maximum Gasteiger partial charge on any atom is 0.338 e. The van der Waals surface area contributed by atoms with Crippen LogP contribution in [0.4, 0.5) is 4.79 Å². The molecule has 120 valence electrons. The molecule has 1 aromatic carbocycles. The summed E-state index contributed by atoms with van der Waals surface area (Å²) in [7, 11) is 0. The van der Waals surface area contributed by atoms with E-state index in [-0.39, 0.29) is 0 Å². The number of hydrogen-bond donors (Lipinski definition) is 2. The summed E-state index contributed by atoms with van der Waals surface area (Å²) in [6, 6.07) is 4.72. The standard InChI is InChI=1S/C16H22N2O4/c1-4-5-6-17-16(21)18-14(19)10-22-15(20)13-8-11(2)7-12(3)9-13/h7-9H,4-6,10H2,1-3H3,(H2,17,18,19,21). The molecule has 0 aliphatic rings. The minimum absolute atomic E-state index is 0.387. The number of hydrogen-bond acceptors (Lipinski definition) is 4. The van der Waals surface area contributed by atoms with Crippen molar-refractivity contribution in [3.8, 4) is 0 Å². The van der Waals surface area contributed by atoms with Crippen LogP contribution in [0.25, 0.3) is 0 Å². The van der Waals surface area contributed by atoms with Crippen LogP contribution < -0.4 is 10.6 Å². The topological polar surface area (TPSA) is 84.5 Å². The molecule has 0 unspecified atom stereocenters. The van der Waals surface area contributed by atoms with Gasteiger partial charge < -0.3 is 10.1 Å². The van der Waals surface area contributed by atoms with Gasteiger partial charge in [-0.15, -0.1) is 0 Å². The molecule has 0 atom stereocenters. The molecule has 0 saturated carbocycles. The maximum absolute atomic E-state index is 11.8. The number of carbonyl (C=O) groups is 3. The van der Waals surface area contributed by atoms with Gasteiger partial charge in [0.15, 0.2) is 6.61 Å². The van der Waals surface area contributed by atoms with Crippen LogP contribution in [0.1, 0.15) is 41.3 Å². The molecule has 0 radical (unpaired) electrons. The fourth-order valence-corrected chi connectivity index (χ4v) is 1.89. The Morgan fingerprint density at radius 1 is 1.09 bits per heavy atom. The molecule has 1 rings (SSSR count). The summed E-state index contributed by atoms with van der Waals surface area (Å²) in [6.07, 6.45) is 1.78. The predicted octanol–water partition coefficient (Wildman–Crippen LogP) is 2.09. The molecule has 0 spiro atoms. The maximum atomic E-state index is 11.8. The van der Waals surface area contributed by atoms with Gasteiger partial charge in [-0.2, -0.15) is 0 Å². The van der Waals surface area contributed by atoms with E-state index in [9.17, 15) is 14.4 Å². The van der Waals surface area contributed by atoms with E-state index in [1.54, 1.807) is 12.1 Å². The van der Waals surface area contributed by atoms with Crippen LogP contribution in [0.3, 0.4) is 0 Å². The second kappa shape index (κ2) is 8.81. The minimum Gasteiger partial charge on any atom is -0.452 e. The van der Waals surface area contributed by atoms with E-state index in [4.69, 9.17) is 4.74 Å². The molecule has 22 heavy (non-hydrogen) atoms. The van der Waals surface area contributed by atoms with Crippen molar-refractivity contribution in [1.29, 1.82) is 0 Å². The van der Waals surface area contributed by atoms with Gasteiger partial charge in [-0.3, -0.25) is 10.1 Å². The van der Waals surface area contributed by atoms with E-state index in [2.05, 4.69) is 10.6 Å². The average molecular weight is 306 g/mol. The van der Waals surface area contributed by atoms with Gasteiger partial charge in [0.1, 0.15) is 0 Å². The fraction of sp³-hybridized carbons (Fsp3) is 0.438. The van der Waals surface area contributed by atoms with Crippen molar-refractivity contribution in [2.75, 3.05) is 13.2 Å². The zero-order valence-corrected chi connectivity index (χ0v) is 13.2. The Kier molecular flexibility index (Phi) is 7.08. The van der Waals surface area contributed by atoms with Crippen molar-refractivity contribution in [2.45, 2.75) is 33.6 Å². The first-order chi connectivity index (χ1) is 10.4. The van der Waals surface area contributed by atoms with Gasteiger partial charge in [-0.05, 0) is 32.4 Å². The lowest BCUT2D eigenvalue weighted by Gasteiger charge is -2.08. The quantitative estimate of drug-likeness (QED) is 0.622. The van der Waals surface area contributed by atoms with E-state index in [1.165, 1.54) is 0 Å². The molecular weight excluding hydrogens is 284 g/mol. The number of unbranched alkanes of at least 4 members (excludes halogenated alkanes) is 1. The fourth-order valence-electron chi connectivity index (χ4n) is 1.89. The molecule has 1 aromatic rings. The molecule has 6 nitrogen and oxygen atoms in total. The van der Waals surface area contributed by atoms with Gasteiger partial charge in [-0.25, -0.2) is 9.59 Å². The van der Waals surface area contributed by atoms with E-state index < -0.39 is 24.5 Å². The van der Waals surface area contributed by atoms with Crippen LogP contribution in [0.2, 0.25) is 0 Å². The first-order valence-corrected chi connectivity index (χ1v) is 7.25. The van der Waals surface area contributed by atoms with E-state index in [0.717, 1.165) is 24.0 Å².